The van der Waals surface area contributed by atoms with Gasteiger partial charge in [0.15, 0.2) is 0 Å². The first kappa shape index (κ1) is 15.1. The molecule has 3 nitrogen and oxygen atoms in total. The van der Waals surface area contributed by atoms with E-state index in [2.05, 4.69) is 24.0 Å². The molecule has 1 heterocycles. The summed E-state index contributed by atoms with van der Waals surface area (Å²) in [5.41, 5.74) is 2.99. The lowest BCUT2D eigenvalue weighted by atomic mass is 10.1. The molecule has 0 unspecified atom stereocenters. The van der Waals surface area contributed by atoms with Crippen molar-refractivity contribution in [1.29, 1.82) is 0 Å². The first-order chi connectivity index (χ1) is 9.69. The minimum atomic E-state index is -0.841. The van der Waals surface area contributed by atoms with E-state index in [1.165, 1.54) is 29.1 Å². The Hall–Kier alpha value is -1.33. The fraction of sp³-hybridized carbons (Fsp3) is 0.333. The van der Waals surface area contributed by atoms with Gasteiger partial charge < -0.3 is 5.11 Å². The van der Waals surface area contributed by atoms with Crippen LogP contribution in [0.3, 0.4) is 0 Å². The highest BCUT2D eigenvalue weighted by Gasteiger charge is 2.08. The lowest BCUT2D eigenvalue weighted by molar-refractivity contribution is -0.136. The quantitative estimate of drug-likeness (QED) is 0.783. The zero-order valence-corrected chi connectivity index (χ0v) is 13.0. The molecule has 0 aliphatic rings. The van der Waals surface area contributed by atoms with Crippen LogP contribution < -0.4 is 0 Å². The number of carboxylic acids is 1. The van der Waals surface area contributed by atoms with Gasteiger partial charge in [-0.25, -0.2) is 4.98 Å². The summed E-state index contributed by atoms with van der Waals surface area (Å²) < 4.78 is 0. The molecule has 0 radical (unpaired) electrons. The number of carbonyl (C=O) groups is 1. The van der Waals surface area contributed by atoms with Crippen LogP contribution in [-0.2, 0) is 17.0 Å². The highest BCUT2D eigenvalue weighted by molar-refractivity contribution is 7.98. The molecular weight excluding hydrogens is 290 g/mol. The molecule has 106 valence electrons. The maximum absolute atomic E-state index is 10.7. The van der Waals surface area contributed by atoms with E-state index < -0.39 is 5.97 Å². The molecule has 0 bridgehead atoms. The number of hydrogen-bond donors (Lipinski definition) is 1. The van der Waals surface area contributed by atoms with Crippen LogP contribution in [0.15, 0.2) is 29.6 Å². The number of thiazole rings is 1. The Morgan fingerprint density at radius 3 is 3.05 bits per heavy atom. The molecule has 2 aromatic rings. The fourth-order valence-electron chi connectivity index (χ4n) is 1.80. The van der Waals surface area contributed by atoms with Crippen molar-refractivity contribution < 1.29 is 9.90 Å². The van der Waals surface area contributed by atoms with E-state index in [0.29, 0.717) is 5.69 Å². The molecular formula is C15H17NO2S2. The van der Waals surface area contributed by atoms with Crippen molar-refractivity contribution in [2.24, 2.45) is 0 Å². The summed E-state index contributed by atoms with van der Waals surface area (Å²) in [4.78, 5) is 15.1. The van der Waals surface area contributed by atoms with E-state index in [-0.39, 0.29) is 6.42 Å². The van der Waals surface area contributed by atoms with E-state index in [4.69, 9.17) is 5.11 Å². The Balaban J connectivity index is 2.09. The standard InChI is InChI=1S/C15H17NO2S2/c1-2-6-19-9-11-4-3-5-12(7-11)15-16-13(10-20-15)8-14(17)18/h3-5,7,10H,2,6,8-9H2,1H3,(H,17,18). The van der Waals surface area contributed by atoms with Crippen LogP contribution in [0.25, 0.3) is 10.6 Å². The number of carboxylic acid groups (broad SMARTS) is 1. The van der Waals surface area contributed by atoms with Crippen LogP contribution in [0.2, 0.25) is 0 Å². The van der Waals surface area contributed by atoms with Crippen LogP contribution in [0, 0.1) is 0 Å². The van der Waals surface area contributed by atoms with E-state index in [1.54, 1.807) is 0 Å². The smallest absolute Gasteiger partial charge is 0.309 e. The normalized spacial score (nSPS) is 10.7. The zero-order chi connectivity index (χ0) is 14.4. The number of aliphatic carboxylic acids is 1. The van der Waals surface area contributed by atoms with Crippen molar-refractivity contribution in [1.82, 2.24) is 4.98 Å². The van der Waals surface area contributed by atoms with Gasteiger partial charge in [0, 0.05) is 16.7 Å². The summed E-state index contributed by atoms with van der Waals surface area (Å²) >= 11 is 3.43. The number of benzene rings is 1. The topological polar surface area (TPSA) is 50.2 Å². The minimum absolute atomic E-state index is 0.0114. The zero-order valence-electron chi connectivity index (χ0n) is 11.3. The molecule has 0 fully saturated rings. The second-order valence-electron chi connectivity index (χ2n) is 4.47. The number of rotatable bonds is 7. The second-order valence-corrected chi connectivity index (χ2v) is 6.43. The average molecular weight is 307 g/mol. The van der Waals surface area contributed by atoms with Crippen LogP contribution >= 0.6 is 23.1 Å². The lowest BCUT2D eigenvalue weighted by Gasteiger charge is -2.03. The van der Waals surface area contributed by atoms with Crippen LogP contribution in [-0.4, -0.2) is 21.8 Å². The lowest BCUT2D eigenvalue weighted by Crippen LogP contribution is -1.99. The van der Waals surface area contributed by atoms with E-state index in [9.17, 15) is 4.79 Å². The molecule has 1 aromatic heterocycles. The Labute approximate surface area is 127 Å². The number of aromatic nitrogens is 1. The Morgan fingerprint density at radius 2 is 2.30 bits per heavy atom. The fourth-order valence-corrected chi connectivity index (χ4v) is 3.47. The third-order valence-corrected chi connectivity index (χ3v) is 4.85. The predicted octanol–water partition coefficient (Wildman–Crippen LogP) is 4.08. The highest BCUT2D eigenvalue weighted by Crippen LogP contribution is 2.26. The van der Waals surface area contributed by atoms with E-state index >= 15 is 0 Å². The molecule has 0 amide bonds. The number of nitrogens with zero attached hydrogens (tertiary/aromatic N) is 1. The van der Waals surface area contributed by atoms with Crippen LogP contribution in [0.5, 0.6) is 0 Å². The third-order valence-electron chi connectivity index (χ3n) is 2.68. The van der Waals surface area contributed by atoms with Crippen molar-refractivity contribution in [3.05, 3.63) is 40.9 Å². The van der Waals surface area contributed by atoms with Gasteiger partial charge in [0.2, 0.25) is 0 Å². The van der Waals surface area contributed by atoms with Gasteiger partial charge in [-0.1, -0.05) is 25.1 Å². The van der Waals surface area contributed by atoms with Gasteiger partial charge in [-0.05, 0) is 23.8 Å². The predicted molar refractivity (Wildman–Crippen MR) is 85.3 cm³/mol. The molecule has 2 rings (SSSR count). The van der Waals surface area contributed by atoms with Crippen LogP contribution in [0.1, 0.15) is 24.6 Å². The monoisotopic (exact) mass is 307 g/mol. The highest BCUT2D eigenvalue weighted by atomic mass is 32.2. The SMILES string of the molecule is CCCSCc1cccc(-c2nc(CC(=O)O)cs2)c1. The molecule has 0 aliphatic carbocycles. The summed E-state index contributed by atoms with van der Waals surface area (Å²) in [5.74, 6) is 1.34. The Morgan fingerprint density at radius 1 is 1.45 bits per heavy atom. The molecule has 1 aromatic carbocycles. The van der Waals surface area contributed by atoms with Crippen molar-refractivity contribution in [3.8, 4) is 10.6 Å². The molecule has 1 N–H and O–H groups in total. The number of thioether (sulfide) groups is 1. The van der Waals surface area contributed by atoms with Gasteiger partial charge in [0.1, 0.15) is 5.01 Å². The van der Waals surface area contributed by atoms with Gasteiger partial charge in [-0.2, -0.15) is 11.8 Å². The molecule has 20 heavy (non-hydrogen) atoms. The summed E-state index contributed by atoms with van der Waals surface area (Å²) in [6.07, 6.45) is 1.18. The first-order valence-electron chi connectivity index (χ1n) is 6.52. The average Bonchev–Trinajstić information content (AvgIpc) is 2.87. The van der Waals surface area contributed by atoms with Gasteiger partial charge in [0.25, 0.3) is 0 Å². The molecule has 0 aliphatic heterocycles. The minimum Gasteiger partial charge on any atom is -0.481 e. The Bertz CT molecular complexity index is 581. The van der Waals surface area contributed by atoms with Crippen LogP contribution in [0.4, 0.5) is 0 Å². The maximum atomic E-state index is 10.7. The van der Waals surface area contributed by atoms with Crippen molar-refractivity contribution >= 4 is 29.1 Å². The van der Waals surface area contributed by atoms with Gasteiger partial charge in [0.05, 0.1) is 12.1 Å². The Kier molecular flexibility index (Phi) is 5.61. The second kappa shape index (κ2) is 7.45. The van der Waals surface area contributed by atoms with Gasteiger partial charge >= 0.3 is 5.97 Å². The van der Waals surface area contributed by atoms with Crippen molar-refractivity contribution in [2.45, 2.75) is 25.5 Å². The molecule has 0 atom stereocenters. The molecule has 0 saturated heterocycles. The van der Waals surface area contributed by atoms with Crippen molar-refractivity contribution in [2.75, 3.05) is 5.75 Å². The third kappa shape index (κ3) is 4.35. The maximum Gasteiger partial charge on any atom is 0.309 e. The van der Waals surface area contributed by atoms with Crippen molar-refractivity contribution in [3.63, 3.8) is 0 Å². The summed E-state index contributed by atoms with van der Waals surface area (Å²) in [5, 5.41) is 11.5. The largest absolute Gasteiger partial charge is 0.481 e. The summed E-state index contributed by atoms with van der Waals surface area (Å²) in [6, 6.07) is 8.33. The van der Waals surface area contributed by atoms with Gasteiger partial charge in [-0.3, -0.25) is 4.79 Å². The summed E-state index contributed by atoms with van der Waals surface area (Å²) in [7, 11) is 0. The summed E-state index contributed by atoms with van der Waals surface area (Å²) in [6.45, 7) is 2.18. The molecule has 5 heteroatoms. The van der Waals surface area contributed by atoms with E-state index in [1.807, 2.05) is 29.3 Å². The van der Waals surface area contributed by atoms with E-state index in [0.717, 1.165) is 16.3 Å². The molecule has 0 saturated carbocycles. The first-order valence-corrected chi connectivity index (χ1v) is 8.55. The number of hydrogen-bond acceptors (Lipinski definition) is 4. The molecule has 0 spiro atoms. The van der Waals surface area contributed by atoms with Gasteiger partial charge in [-0.15, -0.1) is 11.3 Å².